The molecule has 0 saturated carbocycles. The molecule has 0 aliphatic heterocycles. The molecule has 0 aliphatic carbocycles. The zero-order chi connectivity index (χ0) is 22.1. The molecule has 3 N–H and O–H groups in total. The van der Waals surface area contributed by atoms with Crippen molar-refractivity contribution < 1.29 is 4.74 Å². The fraction of sp³-hybridized carbons (Fsp3) is 0.391. The molecule has 0 aliphatic rings. The Morgan fingerprint density at radius 2 is 1.87 bits per heavy atom. The maximum atomic E-state index is 5.87. The minimum absolute atomic E-state index is 0.266. The van der Waals surface area contributed by atoms with E-state index < -0.39 is 0 Å². The van der Waals surface area contributed by atoms with Crippen molar-refractivity contribution in [2.24, 2.45) is 10.7 Å². The van der Waals surface area contributed by atoms with Crippen LogP contribution < -0.4 is 15.8 Å². The van der Waals surface area contributed by atoms with Gasteiger partial charge in [-0.1, -0.05) is 32.6 Å². The smallest absolute Gasteiger partial charge is 0.230 e. The second kappa shape index (κ2) is 11.4. The molecular weight excluding hydrogens is 408 g/mol. The van der Waals surface area contributed by atoms with Gasteiger partial charge in [-0.3, -0.25) is 10.3 Å². The van der Waals surface area contributed by atoms with Crippen molar-refractivity contribution in [3.05, 3.63) is 42.2 Å². The molecule has 3 aromatic rings. The zero-order valence-corrected chi connectivity index (χ0v) is 19.2. The first-order chi connectivity index (χ1) is 15.1. The van der Waals surface area contributed by atoms with Gasteiger partial charge in [0.15, 0.2) is 5.96 Å². The van der Waals surface area contributed by atoms with Gasteiger partial charge in [0.2, 0.25) is 5.95 Å². The normalized spacial score (nSPS) is 11.5. The number of nitrogens with two attached hydrogens (primary N) is 1. The molecular formula is C23H30N6OS. The van der Waals surface area contributed by atoms with E-state index in [0.717, 1.165) is 45.6 Å². The van der Waals surface area contributed by atoms with Crippen LogP contribution in [0.3, 0.4) is 0 Å². The summed E-state index contributed by atoms with van der Waals surface area (Å²) in [5.41, 5.74) is 8.49. The molecule has 0 bridgehead atoms. The number of rotatable bonds is 10. The quantitative estimate of drug-likeness (QED) is 0.254. The van der Waals surface area contributed by atoms with Crippen LogP contribution in [0, 0.1) is 6.92 Å². The van der Waals surface area contributed by atoms with Crippen molar-refractivity contribution in [3.63, 3.8) is 0 Å². The molecule has 0 saturated heterocycles. The first kappa shape index (κ1) is 22.7. The fourth-order valence-electron chi connectivity index (χ4n) is 3.06. The number of unbranched alkanes of at least 4 members (excludes halogenated alkanes) is 4. The summed E-state index contributed by atoms with van der Waals surface area (Å²) in [5.74, 6) is 1.57. The van der Waals surface area contributed by atoms with Gasteiger partial charge in [0.1, 0.15) is 10.8 Å². The second-order valence-corrected chi connectivity index (χ2v) is 8.22. The van der Waals surface area contributed by atoms with Gasteiger partial charge in [-0.2, -0.15) is 0 Å². The van der Waals surface area contributed by atoms with E-state index >= 15 is 0 Å². The molecule has 0 spiro atoms. The summed E-state index contributed by atoms with van der Waals surface area (Å²) >= 11 is 1.60. The maximum absolute atomic E-state index is 5.87. The third-order valence-electron chi connectivity index (χ3n) is 4.78. The highest BCUT2D eigenvalue weighted by molar-refractivity contribution is 7.18. The maximum Gasteiger partial charge on any atom is 0.230 e. The van der Waals surface area contributed by atoms with Gasteiger partial charge in [0, 0.05) is 18.8 Å². The van der Waals surface area contributed by atoms with Gasteiger partial charge in [-0.05, 0) is 43.7 Å². The average molecular weight is 439 g/mol. The number of hydrogen-bond donors (Lipinski definition) is 2. The molecule has 8 heteroatoms. The van der Waals surface area contributed by atoms with Gasteiger partial charge >= 0.3 is 0 Å². The topological polar surface area (TPSA) is 98.3 Å². The Labute approximate surface area is 187 Å². The number of benzene rings is 1. The van der Waals surface area contributed by atoms with Gasteiger partial charge in [-0.15, -0.1) is 11.3 Å². The molecule has 0 radical (unpaired) electrons. The molecule has 0 fully saturated rings. The number of nitrogens with zero attached hydrogens (tertiary/aromatic N) is 4. The van der Waals surface area contributed by atoms with Crippen LogP contribution in [0.25, 0.3) is 21.1 Å². The van der Waals surface area contributed by atoms with E-state index in [1.54, 1.807) is 24.6 Å². The highest BCUT2D eigenvalue weighted by Gasteiger charge is 2.13. The monoisotopic (exact) mass is 438 g/mol. The predicted octanol–water partition coefficient (Wildman–Crippen LogP) is 5.28. The zero-order valence-electron chi connectivity index (χ0n) is 18.4. The lowest BCUT2D eigenvalue weighted by Crippen LogP contribution is -2.23. The van der Waals surface area contributed by atoms with Crippen LogP contribution in [-0.4, -0.2) is 34.6 Å². The van der Waals surface area contributed by atoms with E-state index in [1.807, 2.05) is 25.1 Å². The number of nitrogens with one attached hydrogen (secondary N) is 1. The molecule has 0 amide bonds. The van der Waals surface area contributed by atoms with Gasteiger partial charge < -0.3 is 10.5 Å². The third kappa shape index (κ3) is 6.49. The van der Waals surface area contributed by atoms with Crippen molar-refractivity contribution in [1.82, 2.24) is 15.0 Å². The lowest BCUT2D eigenvalue weighted by atomic mass is 10.2. The molecule has 7 nitrogen and oxygen atoms in total. The summed E-state index contributed by atoms with van der Waals surface area (Å²) < 4.78 is 5.87. The Hall–Kier alpha value is -3.00. The number of hydrogen-bond acceptors (Lipinski definition) is 6. The molecule has 3 rings (SSSR count). The minimum atomic E-state index is 0.266. The minimum Gasteiger partial charge on any atom is -0.494 e. The van der Waals surface area contributed by atoms with Crippen molar-refractivity contribution in [2.75, 3.05) is 19.0 Å². The summed E-state index contributed by atoms with van der Waals surface area (Å²) in [4.78, 5) is 18.3. The number of aliphatic imine (C=N–C) groups is 1. The Morgan fingerprint density at radius 1 is 1.10 bits per heavy atom. The first-order valence-corrected chi connectivity index (χ1v) is 11.5. The number of thiazole rings is 1. The van der Waals surface area contributed by atoms with Crippen LogP contribution in [0.2, 0.25) is 0 Å². The van der Waals surface area contributed by atoms with E-state index in [2.05, 4.69) is 39.3 Å². The first-order valence-electron chi connectivity index (χ1n) is 10.6. The Bertz CT molecular complexity index is 1000. The number of ether oxygens (including phenoxy) is 1. The molecule has 164 valence electrons. The van der Waals surface area contributed by atoms with Gasteiger partial charge in [0.25, 0.3) is 0 Å². The predicted molar refractivity (Wildman–Crippen MR) is 129 cm³/mol. The standard InChI is InChI=1S/C23H30N6OS/c1-4-5-6-7-8-15-30-18-11-9-17(10-12-18)21-27-16(2)20(31-21)19-13-14-26-23(28-19)29-22(24)25-3/h9-14H,4-8,15H2,1-3H3,(H3,24,25,26,28,29). The fourth-order valence-corrected chi connectivity index (χ4v) is 4.10. The van der Waals surface area contributed by atoms with Crippen LogP contribution >= 0.6 is 11.3 Å². The van der Waals surface area contributed by atoms with E-state index in [4.69, 9.17) is 15.5 Å². The molecule has 0 unspecified atom stereocenters. The SMILES string of the molecule is CCCCCCCOc1ccc(-c2nc(C)c(-c3ccnc(NC(N)=NC)n3)s2)cc1. The molecule has 2 aromatic heterocycles. The number of anilines is 1. The van der Waals surface area contributed by atoms with Crippen LogP contribution in [0.4, 0.5) is 5.95 Å². The highest BCUT2D eigenvalue weighted by atomic mass is 32.1. The second-order valence-electron chi connectivity index (χ2n) is 7.22. The molecule has 0 atom stereocenters. The van der Waals surface area contributed by atoms with Crippen molar-refractivity contribution in [2.45, 2.75) is 46.0 Å². The lowest BCUT2D eigenvalue weighted by molar-refractivity contribution is 0.304. The van der Waals surface area contributed by atoms with Crippen LogP contribution in [0.15, 0.2) is 41.5 Å². The van der Waals surface area contributed by atoms with Crippen LogP contribution in [0.5, 0.6) is 5.75 Å². The molecule has 1 aromatic carbocycles. The summed E-state index contributed by atoms with van der Waals surface area (Å²) in [6.07, 6.45) is 7.87. The number of aromatic nitrogens is 3. The molecule has 2 heterocycles. The van der Waals surface area contributed by atoms with E-state index in [0.29, 0.717) is 5.95 Å². The summed E-state index contributed by atoms with van der Waals surface area (Å²) in [5, 5.41) is 3.82. The summed E-state index contributed by atoms with van der Waals surface area (Å²) in [6.45, 7) is 4.98. The Morgan fingerprint density at radius 3 is 2.61 bits per heavy atom. The average Bonchev–Trinajstić information content (AvgIpc) is 3.18. The molecule has 31 heavy (non-hydrogen) atoms. The van der Waals surface area contributed by atoms with Crippen molar-refractivity contribution in [1.29, 1.82) is 0 Å². The van der Waals surface area contributed by atoms with Crippen molar-refractivity contribution >= 4 is 23.2 Å². The third-order valence-corrected chi connectivity index (χ3v) is 6.01. The highest BCUT2D eigenvalue weighted by Crippen LogP contribution is 2.35. The summed E-state index contributed by atoms with van der Waals surface area (Å²) in [6, 6.07) is 10.0. The van der Waals surface area contributed by atoms with Gasteiger partial charge in [0.05, 0.1) is 22.9 Å². The largest absolute Gasteiger partial charge is 0.494 e. The Balaban J connectivity index is 1.66. The summed E-state index contributed by atoms with van der Waals surface area (Å²) in [7, 11) is 1.61. The number of aryl methyl sites for hydroxylation is 1. The van der Waals surface area contributed by atoms with E-state index in [-0.39, 0.29) is 5.96 Å². The van der Waals surface area contributed by atoms with E-state index in [1.165, 1.54) is 25.7 Å². The lowest BCUT2D eigenvalue weighted by Gasteiger charge is -2.06. The van der Waals surface area contributed by atoms with E-state index in [9.17, 15) is 0 Å². The van der Waals surface area contributed by atoms with Crippen LogP contribution in [0.1, 0.15) is 44.7 Å². The van der Waals surface area contributed by atoms with Gasteiger partial charge in [-0.25, -0.2) is 15.0 Å². The van der Waals surface area contributed by atoms with Crippen molar-refractivity contribution in [3.8, 4) is 26.9 Å². The number of guanidine groups is 1. The van der Waals surface area contributed by atoms with Crippen LogP contribution in [-0.2, 0) is 0 Å². The Kier molecular flexibility index (Phi) is 8.35.